The fraction of sp³-hybridized carbons (Fsp3) is 0.667. The Balaban J connectivity index is 2.11. The number of anilines is 1. The van der Waals surface area contributed by atoms with Crippen molar-refractivity contribution < 1.29 is 13.2 Å². The van der Waals surface area contributed by atoms with Crippen LogP contribution in [0.3, 0.4) is 0 Å². The summed E-state index contributed by atoms with van der Waals surface area (Å²) in [6, 6.07) is -0.291. The molecule has 2 unspecified atom stereocenters. The molecule has 2 atom stereocenters. The molecule has 1 aliphatic carbocycles. The van der Waals surface area contributed by atoms with Crippen LogP contribution in [0.25, 0.3) is 0 Å². The molecule has 0 amide bonds. The molecule has 0 radical (unpaired) electrons. The van der Waals surface area contributed by atoms with Gasteiger partial charge in [-0.05, 0) is 35.2 Å². The average molecular weight is 354 g/mol. The Labute approximate surface area is 122 Å². The molecular weight excluding hydrogens is 339 g/mol. The van der Waals surface area contributed by atoms with Crippen molar-refractivity contribution in [2.45, 2.75) is 37.9 Å². The van der Waals surface area contributed by atoms with Crippen LogP contribution >= 0.6 is 15.9 Å². The van der Waals surface area contributed by atoms with Gasteiger partial charge in [-0.3, -0.25) is 4.79 Å². The summed E-state index contributed by atoms with van der Waals surface area (Å²) in [5.41, 5.74) is 0.124. The molecule has 112 valence electrons. The molecule has 1 aromatic rings. The minimum Gasteiger partial charge on any atom is -0.380 e. The lowest BCUT2D eigenvalue weighted by Gasteiger charge is -2.31. The third-order valence-corrected chi connectivity index (χ3v) is 4.34. The zero-order valence-corrected chi connectivity index (χ0v) is 12.5. The lowest BCUT2D eigenvalue weighted by Crippen LogP contribution is -2.35. The van der Waals surface area contributed by atoms with Crippen LogP contribution in [0.15, 0.2) is 15.5 Å². The van der Waals surface area contributed by atoms with E-state index in [1.54, 1.807) is 0 Å². The van der Waals surface area contributed by atoms with Gasteiger partial charge >= 0.3 is 6.18 Å². The molecule has 1 aliphatic rings. The summed E-state index contributed by atoms with van der Waals surface area (Å²) in [5, 5.41) is 6.86. The van der Waals surface area contributed by atoms with Crippen LogP contribution in [-0.2, 0) is 7.05 Å². The van der Waals surface area contributed by atoms with Gasteiger partial charge in [0.25, 0.3) is 5.56 Å². The second-order valence-electron chi connectivity index (χ2n) is 5.05. The highest BCUT2D eigenvalue weighted by Crippen LogP contribution is 2.38. The second kappa shape index (κ2) is 5.75. The van der Waals surface area contributed by atoms with Crippen molar-refractivity contribution in [2.24, 2.45) is 13.0 Å². The molecule has 0 aromatic carbocycles. The van der Waals surface area contributed by atoms with E-state index in [0.29, 0.717) is 23.0 Å². The van der Waals surface area contributed by atoms with E-state index in [1.807, 2.05) is 0 Å². The highest BCUT2D eigenvalue weighted by atomic mass is 79.9. The molecule has 8 heteroatoms. The normalized spacial score (nSPS) is 23.6. The monoisotopic (exact) mass is 353 g/mol. The molecule has 1 N–H and O–H groups in total. The molecule has 4 nitrogen and oxygen atoms in total. The van der Waals surface area contributed by atoms with Gasteiger partial charge < -0.3 is 5.32 Å². The van der Waals surface area contributed by atoms with Gasteiger partial charge in [-0.1, -0.05) is 6.42 Å². The smallest absolute Gasteiger partial charge is 0.380 e. The number of aryl methyl sites for hydroxylation is 1. The van der Waals surface area contributed by atoms with Crippen molar-refractivity contribution >= 4 is 21.6 Å². The maximum absolute atomic E-state index is 12.7. The number of aromatic nitrogens is 2. The Bertz CT molecular complexity index is 544. The number of hydrogen-bond donors (Lipinski definition) is 1. The summed E-state index contributed by atoms with van der Waals surface area (Å²) in [5.74, 6) is -1.27. The minimum atomic E-state index is -4.15. The van der Waals surface area contributed by atoms with Crippen LogP contribution in [0.4, 0.5) is 18.9 Å². The molecular formula is C12H15BrF3N3O. The van der Waals surface area contributed by atoms with Crippen LogP contribution in [0.5, 0.6) is 0 Å². The van der Waals surface area contributed by atoms with Crippen molar-refractivity contribution in [2.75, 3.05) is 5.32 Å². The average Bonchev–Trinajstić information content (AvgIpc) is 2.39. The third kappa shape index (κ3) is 3.34. The summed E-state index contributed by atoms with van der Waals surface area (Å²) in [6.07, 6.45) is -1.31. The highest BCUT2D eigenvalue weighted by molar-refractivity contribution is 9.10. The fourth-order valence-corrected chi connectivity index (χ4v) is 2.92. The van der Waals surface area contributed by atoms with E-state index < -0.39 is 12.1 Å². The quantitative estimate of drug-likeness (QED) is 0.888. The molecule has 20 heavy (non-hydrogen) atoms. The van der Waals surface area contributed by atoms with Crippen molar-refractivity contribution in [3.8, 4) is 0 Å². The molecule has 1 fully saturated rings. The van der Waals surface area contributed by atoms with Crippen molar-refractivity contribution in [1.29, 1.82) is 0 Å². The molecule has 0 aliphatic heterocycles. The first kappa shape index (κ1) is 15.3. The summed E-state index contributed by atoms with van der Waals surface area (Å²) in [7, 11) is 1.51. The number of rotatable bonds is 2. The maximum atomic E-state index is 12.7. The lowest BCUT2D eigenvalue weighted by molar-refractivity contribution is -0.182. The Morgan fingerprint density at radius 1 is 1.45 bits per heavy atom. The summed E-state index contributed by atoms with van der Waals surface area (Å²) >= 11 is 3.15. The van der Waals surface area contributed by atoms with Crippen LogP contribution in [0.2, 0.25) is 0 Å². The van der Waals surface area contributed by atoms with Gasteiger partial charge in [0.15, 0.2) is 0 Å². The summed E-state index contributed by atoms with van der Waals surface area (Å²) in [4.78, 5) is 11.7. The highest BCUT2D eigenvalue weighted by Gasteiger charge is 2.42. The summed E-state index contributed by atoms with van der Waals surface area (Å²) < 4.78 is 39.7. The number of nitrogens with zero attached hydrogens (tertiary/aromatic N) is 2. The lowest BCUT2D eigenvalue weighted by atomic mass is 9.85. The Morgan fingerprint density at radius 2 is 2.15 bits per heavy atom. The van der Waals surface area contributed by atoms with Crippen LogP contribution in [0.1, 0.15) is 25.7 Å². The van der Waals surface area contributed by atoms with Gasteiger partial charge in [-0.25, -0.2) is 4.68 Å². The molecule has 0 spiro atoms. The number of halogens is 4. The number of nitrogens with one attached hydrogen (secondary N) is 1. The Morgan fingerprint density at radius 3 is 2.80 bits per heavy atom. The van der Waals surface area contributed by atoms with Crippen molar-refractivity contribution in [3.63, 3.8) is 0 Å². The SMILES string of the molecule is Cn1ncc(NC2CCCC(C(F)(F)F)C2)c(Br)c1=O. The molecule has 1 saturated carbocycles. The molecule has 2 rings (SSSR count). The topological polar surface area (TPSA) is 46.9 Å². The van der Waals surface area contributed by atoms with Crippen molar-refractivity contribution in [3.05, 3.63) is 21.0 Å². The minimum absolute atomic E-state index is 0.0329. The first-order valence-corrected chi connectivity index (χ1v) is 7.13. The molecule has 1 heterocycles. The van der Waals surface area contributed by atoms with Gasteiger partial charge in [0.1, 0.15) is 4.47 Å². The molecule has 1 aromatic heterocycles. The fourth-order valence-electron chi connectivity index (χ4n) is 2.45. The van der Waals surface area contributed by atoms with E-state index in [2.05, 4.69) is 26.3 Å². The Kier molecular flexibility index (Phi) is 4.41. The van der Waals surface area contributed by atoms with Gasteiger partial charge in [0.05, 0.1) is 17.8 Å². The number of hydrogen-bond acceptors (Lipinski definition) is 3. The predicted molar refractivity (Wildman–Crippen MR) is 72.6 cm³/mol. The second-order valence-corrected chi connectivity index (χ2v) is 5.84. The van der Waals surface area contributed by atoms with Crippen molar-refractivity contribution in [1.82, 2.24) is 9.78 Å². The zero-order chi connectivity index (χ0) is 14.9. The van der Waals surface area contributed by atoms with Crippen LogP contribution in [-0.4, -0.2) is 22.0 Å². The van der Waals surface area contributed by atoms with E-state index in [9.17, 15) is 18.0 Å². The summed E-state index contributed by atoms with van der Waals surface area (Å²) in [6.45, 7) is 0. The van der Waals surface area contributed by atoms with E-state index in [0.717, 1.165) is 4.68 Å². The zero-order valence-electron chi connectivity index (χ0n) is 10.9. The van der Waals surface area contributed by atoms with Crippen LogP contribution in [0, 0.1) is 5.92 Å². The Hall–Kier alpha value is -1.05. The van der Waals surface area contributed by atoms with Gasteiger partial charge in [-0.15, -0.1) is 0 Å². The van der Waals surface area contributed by atoms with Gasteiger partial charge in [0, 0.05) is 13.1 Å². The first-order chi connectivity index (χ1) is 9.29. The van der Waals surface area contributed by atoms with E-state index >= 15 is 0 Å². The van der Waals surface area contributed by atoms with E-state index in [-0.39, 0.29) is 24.4 Å². The third-order valence-electron chi connectivity index (χ3n) is 3.57. The molecule has 0 saturated heterocycles. The van der Waals surface area contributed by atoms with E-state index in [1.165, 1.54) is 13.2 Å². The maximum Gasteiger partial charge on any atom is 0.391 e. The predicted octanol–water partition coefficient (Wildman–Crippen LogP) is 3.08. The van der Waals surface area contributed by atoms with Gasteiger partial charge in [0.2, 0.25) is 0 Å². The standard InChI is InChI=1S/C12H15BrF3N3O/c1-19-11(20)10(13)9(6-17-19)18-8-4-2-3-7(5-8)12(14,15)16/h6-8,18H,2-5H2,1H3. The largest absolute Gasteiger partial charge is 0.391 e. The first-order valence-electron chi connectivity index (χ1n) is 6.34. The van der Waals surface area contributed by atoms with Crippen LogP contribution < -0.4 is 10.9 Å². The number of alkyl halides is 3. The molecule has 0 bridgehead atoms. The van der Waals surface area contributed by atoms with E-state index in [4.69, 9.17) is 0 Å². The van der Waals surface area contributed by atoms with Gasteiger partial charge in [-0.2, -0.15) is 18.3 Å².